The van der Waals surface area contributed by atoms with E-state index in [1.165, 1.54) is 4.90 Å². The van der Waals surface area contributed by atoms with E-state index in [1.807, 2.05) is 49.4 Å². The van der Waals surface area contributed by atoms with Crippen LogP contribution >= 0.6 is 11.6 Å². The average Bonchev–Trinajstić information content (AvgIpc) is 3.04. The largest absolute Gasteiger partial charge is 0.507 e. The maximum absolute atomic E-state index is 13.0. The van der Waals surface area contributed by atoms with Gasteiger partial charge in [0.2, 0.25) is 0 Å². The van der Waals surface area contributed by atoms with Crippen molar-refractivity contribution in [1.82, 2.24) is 4.90 Å². The molecule has 156 valence electrons. The first kappa shape index (κ1) is 20.9. The molecule has 4 nitrogen and oxygen atoms in total. The van der Waals surface area contributed by atoms with E-state index < -0.39 is 17.7 Å². The summed E-state index contributed by atoms with van der Waals surface area (Å²) in [6.07, 6.45) is 0.600. The molecule has 0 saturated carbocycles. The number of ketones is 1. The summed E-state index contributed by atoms with van der Waals surface area (Å²) in [6.45, 7) is 2.30. The van der Waals surface area contributed by atoms with Gasteiger partial charge in [0.1, 0.15) is 5.76 Å². The van der Waals surface area contributed by atoms with Crippen LogP contribution in [-0.4, -0.2) is 28.2 Å². The zero-order valence-electron chi connectivity index (χ0n) is 17.1. The summed E-state index contributed by atoms with van der Waals surface area (Å²) in [6, 6.07) is 23.4. The number of halogens is 1. The van der Waals surface area contributed by atoms with Gasteiger partial charge in [-0.2, -0.15) is 0 Å². The second kappa shape index (κ2) is 8.78. The van der Waals surface area contributed by atoms with Gasteiger partial charge in [0, 0.05) is 17.1 Å². The number of likely N-dealkylation sites (tertiary alicyclic amines) is 1. The van der Waals surface area contributed by atoms with Gasteiger partial charge in [0.15, 0.2) is 0 Å². The number of aryl methyl sites for hydroxylation is 1. The van der Waals surface area contributed by atoms with Gasteiger partial charge in [0.25, 0.3) is 11.7 Å². The van der Waals surface area contributed by atoms with Crippen LogP contribution in [-0.2, 0) is 16.0 Å². The van der Waals surface area contributed by atoms with Crippen LogP contribution in [0.2, 0.25) is 5.02 Å². The number of carbonyl (C=O) groups is 2. The van der Waals surface area contributed by atoms with E-state index in [0.29, 0.717) is 23.6 Å². The van der Waals surface area contributed by atoms with E-state index in [9.17, 15) is 14.7 Å². The minimum absolute atomic E-state index is 0.101. The predicted molar refractivity (Wildman–Crippen MR) is 122 cm³/mol. The molecule has 0 spiro atoms. The van der Waals surface area contributed by atoms with Crippen molar-refractivity contribution in [3.8, 4) is 0 Å². The van der Waals surface area contributed by atoms with Gasteiger partial charge in [-0.05, 0) is 36.6 Å². The molecule has 3 aromatic rings. The lowest BCUT2D eigenvalue weighted by Gasteiger charge is -2.25. The van der Waals surface area contributed by atoms with Crippen molar-refractivity contribution in [2.45, 2.75) is 19.4 Å². The molecule has 5 heteroatoms. The third kappa shape index (κ3) is 4.25. The maximum Gasteiger partial charge on any atom is 0.295 e. The van der Waals surface area contributed by atoms with Gasteiger partial charge in [0.05, 0.1) is 11.6 Å². The Balaban J connectivity index is 1.78. The number of benzene rings is 3. The van der Waals surface area contributed by atoms with Gasteiger partial charge in [-0.25, -0.2) is 0 Å². The standard InChI is InChI=1S/C26H22ClNO3/c1-17-7-9-20(10-8-17)24(29)22-23(19-11-13-21(27)14-12-19)28(26(31)25(22)30)16-15-18-5-3-2-4-6-18/h2-14,23,29H,15-16H2,1H3/b24-22+/t23-/m0/s1. The van der Waals surface area contributed by atoms with Crippen molar-refractivity contribution in [1.29, 1.82) is 0 Å². The number of hydrogen-bond donors (Lipinski definition) is 1. The summed E-state index contributed by atoms with van der Waals surface area (Å²) in [7, 11) is 0. The Labute approximate surface area is 186 Å². The van der Waals surface area contributed by atoms with Gasteiger partial charge >= 0.3 is 0 Å². The van der Waals surface area contributed by atoms with E-state index in [1.54, 1.807) is 36.4 Å². The van der Waals surface area contributed by atoms with Crippen LogP contribution < -0.4 is 0 Å². The normalized spacial score (nSPS) is 17.9. The van der Waals surface area contributed by atoms with E-state index in [2.05, 4.69) is 0 Å². The lowest BCUT2D eigenvalue weighted by atomic mass is 9.95. The number of carbonyl (C=O) groups excluding carboxylic acids is 2. The molecule has 1 N–H and O–H groups in total. The molecular formula is C26H22ClNO3. The summed E-state index contributed by atoms with van der Waals surface area (Å²) in [5.74, 6) is -1.45. The molecule has 1 aliphatic heterocycles. The number of aliphatic hydroxyl groups is 1. The van der Waals surface area contributed by atoms with Gasteiger partial charge in [-0.1, -0.05) is 83.9 Å². The van der Waals surface area contributed by atoms with Crippen LogP contribution in [0, 0.1) is 6.92 Å². The SMILES string of the molecule is Cc1ccc(/C(O)=C2\C(=O)C(=O)N(CCc3ccccc3)[C@H]2c2ccc(Cl)cc2)cc1. The molecule has 0 bridgehead atoms. The molecule has 1 atom stereocenters. The Morgan fingerprint density at radius 2 is 1.58 bits per heavy atom. The van der Waals surface area contributed by atoms with E-state index in [-0.39, 0.29) is 11.3 Å². The number of rotatable bonds is 5. The molecule has 1 amide bonds. The highest BCUT2D eigenvalue weighted by molar-refractivity contribution is 6.46. The lowest BCUT2D eigenvalue weighted by Crippen LogP contribution is -2.31. The highest BCUT2D eigenvalue weighted by Gasteiger charge is 2.45. The number of amides is 1. The van der Waals surface area contributed by atoms with Gasteiger partial charge in [-0.15, -0.1) is 0 Å². The van der Waals surface area contributed by atoms with Crippen molar-refractivity contribution in [3.63, 3.8) is 0 Å². The first-order chi connectivity index (χ1) is 15.0. The zero-order chi connectivity index (χ0) is 22.0. The second-order valence-electron chi connectivity index (χ2n) is 7.65. The van der Waals surface area contributed by atoms with Crippen LogP contribution in [0.1, 0.15) is 28.3 Å². The highest BCUT2D eigenvalue weighted by Crippen LogP contribution is 2.39. The minimum atomic E-state index is -0.678. The highest BCUT2D eigenvalue weighted by atomic mass is 35.5. The van der Waals surface area contributed by atoms with Crippen LogP contribution in [0.5, 0.6) is 0 Å². The molecule has 0 aliphatic carbocycles. The Kier molecular flexibility index (Phi) is 5.92. The van der Waals surface area contributed by atoms with Crippen molar-refractivity contribution < 1.29 is 14.7 Å². The summed E-state index contributed by atoms with van der Waals surface area (Å²) < 4.78 is 0. The maximum atomic E-state index is 13.0. The molecule has 31 heavy (non-hydrogen) atoms. The van der Waals surface area contributed by atoms with E-state index >= 15 is 0 Å². The first-order valence-electron chi connectivity index (χ1n) is 10.1. The third-order valence-electron chi connectivity index (χ3n) is 5.53. The predicted octanol–water partition coefficient (Wildman–Crippen LogP) is 5.31. The Morgan fingerprint density at radius 3 is 2.23 bits per heavy atom. The molecule has 1 fully saturated rings. The van der Waals surface area contributed by atoms with Crippen LogP contribution in [0.3, 0.4) is 0 Å². The molecule has 0 aromatic heterocycles. The first-order valence-corrected chi connectivity index (χ1v) is 10.5. The molecular weight excluding hydrogens is 410 g/mol. The van der Waals surface area contributed by atoms with Gasteiger partial charge < -0.3 is 10.0 Å². The molecule has 1 aliphatic rings. The second-order valence-corrected chi connectivity index (χ2v) is 8.08. The number of Topliss-reactive ketones (excluding diaryl/α,β-unsaturated/α-hetero) is 1. The zero-order valence-corrected chi connectivity index (χ0v) is 17.8. The summed E-state index contributed by atoms with van der Waals surface area (Å²) in [5, 5.41) is 11.6. The smallest absolute Gasteiger partial charge is 0.295 e. The Morgan fingerprint density at radius 1 is 0.935 bits per heavy atom. The quantitative estimate of drug-likeness (QED) is 0.338. The van der Waals surface area contributed by atoms with Crippen LogP contribution in [0.4, 0.5) is 0 Å². The van der Waals surface area contributed by atoms with Crippen molar-refractivity contribution >= 4 is 29.1 Å². The average molecular weight is 432 g/mol. The Hall–Kier alpha value is -3.37. The monoisotopic (exact) mass is 431 g/mol. The molecule has 0 radical (unpaired) electrons. The van der Waals surface area contributed by atoms with Gasteiger partial charge in [-0.3, -0.25) is 9.59 Å². The molecule has 4 rings (SSSR count). The lowest BCUT2D eigenvalue weighted by molar-refractivity contribution is -0.139. The molecule has 3 aromatic carbocycles. The van der Waals surface area contributed by atoms with Crippen molar-refractivity contribution in [2.24, 2.45) is 0 Å². The summed E-state index contributed by atoms with van der Waals surface area (Å²) in [5.41, 5.74) is 3.44. The fourth-order valence-corrected chi connectivity index (χ4v) is 3.99. The van der Waals surface area contributed by atoms with Crippen LogP contribution in [0.15, 0.2) is 84.4 Å². The fourth-order valence-electron chi connectivity index (χ4n) is 3.86. The molecule has 0 unspecified atom stereocenters. The number of hydrogen-bond acceptors (Lipinski definition) is 3. The van der Waals surface area contributed by atoms with E-state index in [0.717, 1.165) is 16.7 Å². The summed E-state index contributed by atoms with van der Waals surface area (Å²) >= 11 is 6.05. The number of nitrogens with zero attached hydrogens (tertiary/aromatic N) is 1. The molecule has 1 saturated heterocycles. The van der Waals surface area contributed by atoms with E-state index in [4.69, 9.17) is 11.6 Å². The van der Waals surface area contributed by atoms with Crippen molar-refractivity contribution in [3.05, 3.63) is 112 Å². The minimum Gasteiger partial charge on any atom is -0.507 e. The van der Waals surface area contributed by atoms with Crippen LogP contribution in [0.25, 0.3) is 5.76 Å². The summed E-state index contributed by atoms with van der Waals surface area (Å²) in [4.78, 5) is 27.5. The third-order valence-corrected chi connectivity index (χ3v) is 5.79. The number of aliphatic hydroxyl groups excluding tert-OH is 1. The molecule has 1 heterocycles. The Bertz CT molecular complexity index is 1140. The van der Waals surface area contributed by atoms with Crippen molar-refractivity contribution in [2.75, 3.05) is 6.54 Å². The topological polar surface area (TPSA) is 57.6 Å². The fraction of sp³-hybridized carbons (Fsp3) is 0.154.